The third-order valence-corrected chi connectivity index (χ3v) is 5.12. The van der Waals surface area contributed by atoms with Gasteiger partial charge in [-0.1, -0.05) is 21.6 Å². The molecule has 0 unspecified atom stereocenters. The summed E-state index contributed by atoms with van der Waals surface area (Å²) in [6.45, 7) is 0. The van der Waals surface area contributed by atoms with E-state index in [4.69, 9.17) is 21.7 Å². The Balaban J connectivity index is 2.10. The Labute approximate surface area is 133 Å². The maximum Gasteiger partial charge on any atom is 0.337 e. The smallest absolute Gasteiger partial charge is 0.337 e. The predicted octanol–water partition coefficient (Wildman–Crippen LogP) is 3.05. The molecule has 2 rings (SSSR count). The fraction of sp³-hybridized carbons (Fsp3) is 0. The highest BCUT2D eigenvalue weighted by atomic mass is 33.1. The molecule has 0 spiro atoms. The Kier molecular flexibility index (Phi) is 4.84. The molecule has 0 fully saturated rings. The van der Waals surface area contributed by atoms with E-state index in [0.717, 1.165) is 9.79 Å². The summed E-state index contributed by atoms with van der Waals surface area (Å²) in [6, 6.07) is 9.37. The first-order valence-corrected chi connectivity index (χ1v) is 8.13. The topological polar surface area (TPSA) is 127 Å². The monoisotopic (exact) mass is 336 g/mol. The van der Waals surface area contributed by atoms with Crippen molar-refractivity contribution in [1.82, 2.24) is 0 Å². The number of carbonyl (C=O) groups is 2. The lowest BCUT2D eigenvalue weighted by Gasteiger charge is -2.06. The van der Waals surface area contributed by atoms with Crippen molar-refractivity contribution in [3.05, 3.63) is 47.5 Å². The van der Waals surface area contributed by atoms with Crippen LogP contribution in [0.1, 0.15) is 20.7 Å². The van der Waals surface area contributed by atoms with Gasteiger partial charge in [0.05, 0.1) is 11.1 Å². The average Bonchev–Trinajstić information content (AvgIpc) is 2.44. The molecule has 6 N–H and O–H groups in total. The molecular weight excluding hydrogens is 324 g/mol. The Hall–Kier alpha value is -2.32. The Morgan fingerprint density at radius 3 is 1.41 bits per heavy atom. The summed E-state index contributed by atoms with van der Waals surface area (Å²) < 4.78 is 0. The fourth-order valence-electron chi connectivity index (χ4n) is 1.67. The first-order chi connectivity index (χ1) is 10.4. The van der Waals surface area contributed by atoms with Gasteiger partial charge in [0.1, 0.15) is 0 Å². The molecule has 0 atom stereocenters. The van der Waals surface area contributed by atoms with Crippen LogP contribution in [0.5, 0.6) is 0 Å². The van der Waals surface area contributed by atoms with Crippen molar-refractivity contribution in [2.24, 2.45) is 0 Å². The highest BCUT2D eigenvalue weighted by Crippen LogP contribution is 2.39. The Morgan fingerprint density at radius 2 is 1.14 bits per heavy atom. The number of anilines is 2. The molecule has 114 valence electrons. The van der Waals surface area contributed by atoms with Crippen molar-refractivity contribution in [3.8, 4) is 0 Å². The molecule has 0 saturated heterocycles. The molecule has 2 aromatic rings. The zero-order valence-corrected chi connectivity index (χ0v) is 12.8. The van der Waals surface area contributed by atoms with Crippen LogP contribution >= 0.6 is 21.6 Å². The molecule has 0 saturated carbocycles. The molecule has 8 heteroatoms. The number of nitrogen functional groups attached to an aromatic ring is 2. The second-order valence-electron chi connectivity index (χ2n) is 4.28. The van der Waals surface area contributed by atoms with Crippen molar-refractivity contribution >= 4 is 44.9 Å². The zero-order valence-electron chi connectivity index (χ0n) is 11.1. The molecule has 0 aromatic heterocycles. The van der Waals surface area contributed by atoms with Crippen LogP contribution in [0.4, 0.5) is 11.4 Å². The third kappa shape index (κ3) is 3.66. The maximum absolute atomic E-state index is 10.9. The third-order valence-electron chi connectivity index (χ3n) is 2.74. The highest BCUT2D eigenvalue weighted by Gasteiger charge is 2.10. The van der Waals surface area contributed by atoms with Gasteiger partial charge in [-0.15, -0.1) is 0 Å². The van der Waals surface area contributed by atoms with Crippen LogP contribution < -0.4 is 11.5 Å². The quantitative estimate of drug-likeness (QED) is 0.485. The molecule has 2 aromatic carbocycles. The van der Waals surface area contributed by atoms with Crippen LogP contribution in [0.25, 0.3) is 0 Å². The van der Waals surface area contributed by atoms with Crippen LogP contribution in [-0.2, 0) is 0 Å². The largest absolute Gasteiger partial charge is 0.478 e. The molecule has 0 bridgehead atoms. The van der Waals surface area contributed by atoms with Gasteiger partial charge in [0, 0.05) is 21.2 Å². The Bertz CT molecular complexity index is 686. The summed E-state index contributed by atoms with van der Waals surface area (Å²) in [5.74, 6) is -2.14. The van der Waals surface area contributed by atoms with E-state index in [1.807, 2.05) is 0 Å². The van der Waals surface area contributed by atoms with Crippen LogP contribution in [0.2, 0.25) is 0 Å². The lowest BCUT2D eigenvalue weighted by Crippen LogP contribution is -2.02. The van der Waals surface area contributed by atoms with Crippen LogP contribution in [-0.4, -0.2) is 22.2 Å². The van der Waals surface area contributed by atoms with E-state index < -0.39 is 11.9 Å². The zero-order chi connectivity index (χ0) is 16.3. The summed E-state index contributed by atoms with van der Waals surface area (Å²) in [5, 5.41) is 17.8. The second-order valence-corrected chi connectivity index (χ2v) is 6.55. The highest BCUT2D eigenvalue weighted by molar-refractivity contribution is 8.76. The van der Waals surface area contributed by atoms with Gasteiger partial charge in [-0.2, -0.15) is 0 Å². The first kappa shape index (κ1) is 16.1. The second kappa shape index (κ2) is 6.63. The molecular formula is C14H12N2O4S2. The molecule has 0 aliphatic heterocycles. The SMILES string of the molecule is Nc1cc(SSc2ccc(C(=O)O)c(N)c2)ccc1C(=O)O. The lowest BCUT2D eigenvalue weighted by atomic mass is 10.2. The van der Waals surface area contributed by atoms with Gasteiger partial charge < -0.3 is 21.7 Å². The molecule has 0 amide bonds. The molecule has 0 aliphatic rings. The summed E-state index contributed by atoms with van der Waals surface area (Å²) in [6.07, 6.45) is 0. The fourth-order valence-corrected chi connectivity index (χ4v) is 3.66. The summed E-state index contributed by atoms with van der Waals surface area (Å²) in [7, 11) is 2.74. The van der Waals surface area contributed by atoms with Gasteiger partial charge in [0.25, 0.3) is 0 Å². The number of nitrogens with two attached hydrogens (primary N) is 2. The van der Waals surface area contributed by atoms with Gasteiger partial charge in [-0.3, -0.25) is 0 Å². The number of rotatable bonds is 5. The van der Waals surface area contributed by atoms with Crippen LogP contribution in [0.15, 0.2) is 46.2 Å². The van der Waals surface area contributed by atoms with Crippen molar-refractivity contribution in [1.29, 1.82) is 0 Å². The lowest BCUT2D eigenvalue weighted by molar-refractivity contribution is 0.0687. The average molecular weight is 336 g/mol. The van der Waals surface area contributed by atoms with E-state index in [1.165, 1.54) is 33.7 Å². The van der Waals surface area contributed by atoms with Crippen molar-refractivity contribution in [3.63, 3.8) is 0 Å². The number of hydrogen-bond donors (Lipinski definition) is 4. The van der Waals surface area contributed by atoms with Gasteiger partial charge in [-0.25, -0.2) is 9.59 Å². The standard InChI is InChI=1S/C14H12N2O4S2/c15-11-5-7(1-3-9(11)13(17)18)21-22-8-2-4-10(14(19)20)12(16)6-8/h1-6H,15-16H2,(H,17,18)(H,19,20). The summed E-state index contributed by atoms with van der Waals surface area (Å²) in [4.78, 5) is 23.3. The molecule has 22 heavy (non-hydrogen) atoms. The minimum absolute atomic E-state index is 0.0596. The number of benzene rings is 2. The normalized spacial score (nSPS) is 10.4. The number of carboxylic acid groups (broad SMARTS) is 2. The molecule has 0 aliphatic carbocycles. The minimum atomic E-state index is -1.07. The van der Waals surface area contributed by atoms with Crippen molar-refractivity contribution in [2.45, 2.75) is 9.79 Å². The molecule has 0 heterocycles. The van der Waals surface area contributed by atoms with E-state index in [0.29, 0.717) is 0 Å². The summed E-state index contributed by atoms with van der Waals surface area (Å²) in [5.41, 5.74) is 11.9. The predicted molar refractivity (Wildman–Crippen MR) is 87.3 cm³/mol. The maximum atomic E-state index is 10.9. The van der Waals surface area contributed by atoms with Gasteiger partial charge in [-0.05, 0) is 36.4 Å². The van der Waals surface area contributed by atoms with E-state index >= 15 is 0 Å². The summed E-state index contributed by atoms with van der Waals surface area (Å²) >= 11 is 0. The minimum Gasteiger partial charge on any atom is -0.478 e. The van der Waals surface area contributed by atoms with E-state index in [9.17, 15) is 9.59 Å². The van der Waals surface area contributed by atoms with Crippen molar-refractivity contribution < 1.29 is 19.8 Å². The number of carboxylic acids is 2. The van der Waals surface area contributed by atoms with Crippen molar-refractivity contribution in [2.75, 3.05) is 11.5 Å². The van der Waals surface area contributed by atoms with Gasteiger partial charge in [0.15, 0.2) is 0 Å². The van der Waals surface area contributed by atoms with E-state index in [2.05, 4.69) is 0 Å². The number of hydrogen-bond acceptors (Lipinski definition) is 6. The Morgan fingerprint density at radius 1 is 0.773 bits per heavy atom. The van der Waals surface area contributed by atoms with E-state index in [-0.39, 0.29) is 22.5 Å². The molecule has 6 nitrogen and oxygen atoms in total. The van der Waals surface area contributed by atoms with Crippen LogP contribution in [0.3, 0.4) is 0 Å². The van der Waals surface area contributed by atoms with E-state index in [1.54, 1.807) is 24.3 Å². The van der Waals surface area contributed by atoms with Gasteiger partial charge in [0.2, 0.25) is 0 Å². The first-order valence-electron chi connectivity index (χ1n) is 5.98. The number of aromatic carboxylic acids is 2. The molecule has 0 radical (unpaired) electrons. The van der Waals surface area contributed by atoms with Gasteiger partial charge >= 0.3 is 11.9 Å². The van der Waals surface area contributed by atoms with Crippen LogP contribution in [0, 0.1) is 0 Å².